The zero-order chi connectivity index (χ0) is 22.6. The first-order valence-electron chi connectivity index (χ1n) is 9.22. The highest BCUT2D eigenvalue weighted by molar-refractivity contribution is 8.13. The van der Waals surface area contributed by atoms with Crippen LogP contribution in [0.4, 0.5) is 23.7 Å². The maximum atomic E-state index is 12.8. The summed E-state index contributed by atoms with van der Waals surface area (Å²) in [5.74, 6) is -0.389. The molecule has 3 aromatic rings. The number of amides is 2. The van der Waals surface area contributed by atoms with Gasteiger partial charge in [-0.2, -0.15) is 13.2 Å². The predicted molar refractivity (Wildman–Crippen MR) is 116 cm³/mol. The Morgan fingerprint density at radius 1 is 0.871 bits per heavy atom. The van der Waals surface area contributed by atoms with Crippen LogP contribution in [0.25, 0.3) is 11.1 Å². The molecule has 4 nitrogen and oxygen atoms in total. The number of nitrogens with one attached hydrogen (secondary N) is 1. The second-order valence-electron chi connectivity index (χ2n) is 6.86. The van der Waals surface area contributed by atoms with Crippen molar-refractivity contribution in [2.45, 2.75) is 11.1 Å². The van der Waals surface area contributed by atoms with E-state index in [-0.39, 0.29) is 11.1 Å². The molecular weight excluding hydrogens is 425 g/mol. The number of anilines is 1. The molecule has 0 heterocycles. The van der Waals surface area contributed by atoms with Crippen LogP contribution in [0, 0.1) is 0 Å². The van der Waals surface area contributed by atoms with Crippen LogP contribution in [0.1, 0.15) is 15.9 Å². The van der Waals surface area contributed by atoms with Crippen molar-refractivity contribution in [1.82, 2.24) is 4.90 Å². The van der Waals surface area contributed by atoms with Gasteiger partial charge in [-0.3, -0.25) is 9.59 Å². The average Bonchev–Trinajstić information content (AvgIpc) is 2.74. The molecule has 0 aliphatic rings. The third kappa shape index (κ3) is 5.67. The van der Waals surface area contributed by atoms with E-state index in [1.807, 2.05) is 0 Å². The minimum atomic E-state index is -4.42. The second kappa shape index (κ2) is 9.26. The first-order valence-corrected chi connectivity index (χ1v) is 10.0. The van der Waals surface area contributed by atoms with Crippen molar-refractivity contribution < 1.29 is 22.8 Å². The Morgan fingerprint density at radius 3 is 2.06 bits per heavy atom. The fourth-order valence-corrected chi connectivity index (χ4v) is 3.42. The van der Waals surface area contributed by atoms with Crippen LogP contribution in [0.2, 0.25) is 0 Å². The number of carbonyl (C=O) groups excluding carboxylic acids is 2. The number of alkyl halides is 3. The number of benzene rings is 3. The van der Waals surface area contributed by atoms with E-state index in [1.54, 1.807) is 62.6 Å². The SMILES string of the molecule is CN(C)C(=O)Sc1ccc(NC(=O)c2ccccc2-c2ccc(C(F)(F)F)cc2)cc1. The van der Waals surface area contributed by atoms with Gasteiger partial charge in [0.1, 0.15) is 0 Å². The zero-order valence-electron chi connectivity index (χ0n) is 16.7. The first-order chi connectivity index (χ1) is 14.6. The summed E-state index contributed by atoms with van der Waals surface area (Å²) in [5, 5.41) is 2.67. The van der Waals surface area contributed by atoms with E-state index >= 15 is 0 Å². The second-order valence-corrected chi connectivity index (χ2v) is 7.89. The van der Waals surface area contributed by atoms with Gasteiger partial charge in [-0.1, -0.05) is 30.3 Å². The molecular formula is C23H19F3N2O2S. The third-order valence-electron chi connectivity index (χ3n) is 4.38. The van der Waals surface area contributed by atoms with Crippen molar-refractivity contribution >= 4 is 28.6 Å². The van der Waals surface area contributed by atoms with Gasteiger partial charge in [-0.25, -0.2) is 0 Å². The van der Waals surface area contributed by atoms with E-state index in [9.17, 15) is 22.8 Å². The molecule has 0 aromatic heterocycles. The highest BCUT2D eigenvalue weighted by Gasteiger charge is 2.30. The van der Waals surface area contributed by atoms with Crippen molar-refractivity contribution in [3.05, 3.63) is 83.9 Å². The number of nitrogens with zero attached hydrogens (tertiary/aromatic N) is 1. The highest BCUT2D eigenvalue weighted by atomic mass is 32.2. The molecule has 0 spiro atoms. The van der Waals surface area contributed by atoms with Crippen molar-refractivity contribution in [1.29, 1.82) is 0 Å². The molecule has 31 heavy (non-hydrogen) atoms. The van der Waals surface area contributed by atoms with E-state index in [1.165, 1.54) is 17.0 Å². The van der Waals surface area contributed by atoms with Crippen LogP contribution in [0.5, 0.6) is 0 Å². The number of hydrogen-bond acceptors (Lipinski definition) is 3. The Labute approximate surface area is 182 Å². The first kappa shape index (κ1) is 22.4. The van der Waals surface area contributed by atoms with Gasteiger partial charge in [-0.15, -0.1) is 0 Å². The van der Waals surface area contributed by atoms with Crippen molar-refractivity contribution in [2.24, 2.45) is 0 Å². The molecule has 0 bridgehead atoms. The number of carbonyl (C=O) groups is 2. The van der Waals surface area contributed by atoms with Crippen LogP contribution < -0.4 is 5.32 Å². The molecule has 0 saturated carbocycles. The molecule has 0 saturated heterocycles. The predicted octanol–water partition coefficient (Wildman–Crippen LogP) is 6.40. The van der Waals surface area contributed by atoms with E-state index < -0.39 is 11.7 Å². The summed E-state index contributed by atoms with van der Waals surface area (Å²) >= 11 is 1.07. The number of thioether (sulfide) groups is 1. The van der Waals surface area contributed by atoms with Gasteiger partial charge in [0.15, 0.2) is 0 Å². The van der Waals surface area contributed by atoms with Crippen LogP contribution >= 0.6 is 11.8 Å². The summed E-state index contributed by atoms with van der Waals surface area (Å²) in [6.45, 7) is 0. The molecule has 160 valence electrons. The molecule has 0 atom stereocenters. The van der Waals surface area contributed by atoms with Gasteiger partial charge in [0.05, 0.1) is 5.56 Å². The summed E-state index contributed by atoms with van der Waals surface area (Å²) in [7, 11) is 3.33. The summed E-state index contributed by atoms with van der Waals surface area (Å²) < 4.78 is 38.5. The fourth-order valence-electron chi connectivity index (χ4n) is 2.77. The van der Waals surface area contributed by atoms with Gasteiger partial charge < -0.3 is 10.2 Å². The van der Waals surface area contributed by atoms with Gasteiger partial charge in [0.2, 0.25) is 0 Å². The Balaban J connectivity index is 1.78. The molecule has 0 radical (unpaired) electrons. The molecule has 0 unspecified atom stereocenters. The third-order valence-corrected chi connectivity index (χ3v) is 5.43. The quantitative estimate of drug-likeness (QED) is 0.474. The normalized spacial score (nSPS) is 11.1. The summed E-state index contributed by atoms with van der Waals surface area (Å²) in [6, 6.07) is 18.2. The van der Waals surface area contributed by atoms with Gasteiger partial charge >= 0.3 is 6.18 Å². The van der Waals surface area contributed by atoms with Crippen LogP contribution in [0.3, 0.4) is 0 Å². The van der Waals surface area contributed by atoms with Crippen molar-refractivity contribution in [2.75, 3.05) is 19.4 Å². The molecule has 0 aliphatic carbocycles. The highest BCUT2D eigenvalue weighted by Crippen LogP contribution is 2.32. The molecule has 0 aliphatic heterocycles. The van der Waals surface area contributed by atoms with Gasteiger partial charge in [0.25, 0.3) is 11.1 Å². The lowest BCUT2D eigenvalue weighted by molar-refractivity contribution is -0.137. The molecule has 8 heteroatoms. The Hall–Kier alpha value is -3.26. The lowest BCUT2D eigenvalue weighted by atomic mass is 9.98. The number of rotatable bonds is 4. The largest absolute Gasteiger partial charge is 0.416 e. The Kier molecular flexibility index (Phi) is 6.70. The van der Waals surface area contributed by atoms with E-state index in [0.29, 0.717) is 22.4 Å². The maximum Gasteiger partial charge on any atom is 0.416 e. The van der Waals surface area contributed by atoms with Crippen LogP contribution in [0.15, 0.2) is 77.7 Å². The smallest absolute Gasteiger partial charge is 0.339 e. The molecule has 1 N–H and O–H groups in total. The lowest BCUT2D eigenvalue weighted by Gasteiger charge is -2.12. The fraction of sp³-hybridized carbons (Fsp3) is 0.130. The zero-order valence-corrected chi connectivity index (χ0v) is 17.6. The lowest BCUT2D eigenvalue weighted by Crippen LogP contribution is -2.16. The Bertz CT molecular complexity index is 1080. The van der Waals surface area contributed by atoms with Crippen molar-refractivity contribution in [3.8, 4) is 11.1 Å². The number of halogens is 3. The van der Waals surface area contributed by atoms with Crippen molar-refractivity contribution in [3.63, 3.8) is 0 Å². The summed E-state index contributed by atoms with van der Waals surface area (Å²) in [4.78, 5) is 26.8. The van der Waals surface area contributed by atoms with Crippen LogP contribution in [-0.4, -0.2) is 30.1 Å². The monoisotopic (exact) mass is 444 g/mol. The van der Waals surface area contributed by atoms with E-state index in [0.717, 1.165) is 28.8 Å². The minimum Gasteiger partial charge on any atom is -0.339 e. The average molecular weight is 444 g/mol. The molecule has 2 amide bonds. The van der Waals surface area contributed by atoms with E-state index in [4.69, 9.17) is 0 Å². The maximum absolute atomic E-state index is 12.8. The topological polar surface area (TPSA) is 49.4 Å². The van der Waals surface area contributed by atoms with Gasteiger partial charge in [-0.05, 0) is 65.4 Å². The summed E-state index contributed by atoms with van der Waals surface area (Å²) in [5.41, 5.74) is 1.16. The standard InChI is InChI=1S/C23H19F3N2O2S/c1-28(2)22(30)31-18-13-11-17(12-14-18)27-21(29)20-6-4-3-5-19(20)15-7-9-16(10-8-15)23(24,25)26/h3-14H,1-2H3,(H,27,29). The molecule has 3 rings (SSSR count). The molecule has 3 aromatic carbocycles. The minimum absolute atomic E-state index is 0.109. The van der Waals surface area contributed by atoms with Gasteiger partial charge in [0, 0.05) is 30.2 Å². The van der Waals surface area contributed by atoms with Crippen LogP contribution in [-0.2, 0) is 6.18 Å². The Morgan fingerprint density at radius 2 is 1.48 bits per heavy atom. The summed E-state index contributed by atoms with van der Waals surface area (Å²) in [6.07, 6.45) is -4.42. The van der Waals surface area contributed by atoms with E-state index in [2.05, 4.69) is 5.32 Å². The number of hydrogen-bond donors (Lipinski definition) is 1. The molecule has 0 fully saturated rings.